The van der Waals surface area contributed by atoms with Gasteiger partial charge in [-0.15, -0.1) is 0 Å². The zero-order valence-corrected chi connectivity index (χ0v) is 12.9. The quantitative estimate of drug-likeness (QED) is 0.528. The smallest absolute Gasteiger partial charge is 0.311 e. The Bertz CT molecular complexity index is 266. The van der Waals surface area contributed by atoms with Crippen molar-refractivity contribution in [3.63, 3.8) is 0 Å². The molecule has 112 valence electrons. The van der Waals surface area contributed by atoms with Gasteiger partial charge in [0.25, 0.3) is 0 Å². The first-order valence-corrected chi connectivity index (χ1v) is 7.63. The summed E-state index contributed by atoms with van der Waals surface area (Å²) >= 11 is 0. The van der Waals surface area contributed by atoms with Crippen molar-refractivity contribution in [1.82, 2.24) is 4.90 Å². The van der Waals surface area contributed by atoms with E-state index in [1.54, 1.807) is 4.90 Å². The summed E-state index contributed by atoms with van der Waals surface area (Å²) in [6.07, 6.45) is 4.38. The SMILES string of the molecule is CC.CCCCCOC(=O)C1CC(=O)N(CCC)C1. The first-order valence-electron chi connectivity index (χ1n) is 7.63. The molecule has 1 aliphatic heterocycles. The van der Waals surface area contributed by atoms with Crippen LogP contribution < -0.4 is 0 Å². The Morgan fingerprint density at radius 1 is 1.26 bits per heavy atom. The number of ether oxygens (including phenoxy) is 1. The van der Waals surface area contributed by atoms with Crippen molar-refractivity contribution in [1.29, 1.82) is 0 Å². The second kappa shape index (κ2) is 10.8. The van der Waals surface area contributed by atoms with Crippen LogP contribution in [-0.4, -0.2) is 36.5 Å². The number of unbranched alkanes of at least 4 members (excludes halogenated alkanes) is 2. The van der Waals surface area contributed by atoms with Gasteiger partial charge < -0.3 is 9.64 Å². The first kappa shape index (κ1) is 17.9. The van der Waals surface area contributed by atoms with Crippen LogP contribution in [0.2, 0.25) is 0 Å². The Hall–Kier alpha value is -1.06. The normalized spacial score (nSPS) is 18.0. The van der Waals surface area contributed by atoms with Crippen molar-refractivity contribution in [2.24, 2.45) is 5.92 Å². The fourth-order valence-electron chi connectivity index (χ4n) is 2.06. The molecule has 0 bridgehead atoms. The van der Waals surface area contributed by atoms with E-state index in [1.807, 2.05) is 20.8 Å². The molecule has 1 unspecified atom stereocenters. The molecule has 0 aromatic rings. The number of hydrogen-bond donors (Lipinski definition) is 0. The molecule has 1 saturated heterocycles. The van der Waals surface area contributed by atoms with Crippen molar-refractivity contribution < 1.29 is 14.3 Å². The summed E-state index contributed by atoms with van der Waals surface area (Å²) < 4.78 is 5.18. The molecule has 0 spiro atoms. The zero-order valence-electron chi connectivity index (χ0n) is 12.9. The van der Waals surface area contributed by atoms with Crippen LogP contribution in [0, 0.1) is 5.92 Å². The highest BCUT2D eigenvalue weighted by Gasteiger charge is 2.34. The van der Waals surface area contributed by atoms with Crippen LogP contribution >= 0.6 is 0 Å². The van der Waals surface area contributed by atoms with Crippen LogP contribution in [0.15, 0.2) is 0 Å². The number of hydrogen-bond acceptors (Lipinski definition) is 3. The molecule has 4 nitrogen and oxygen atoms in total. The van der Waals surface area contributed by atoms with Gasteiger partial charge >= 0.3 is 5.97 Å². The Morgan fingerprint density at radius 2 is 1.95 bits per heavy atom. The molecule has 1 atom stereocenters. The summed E-state index contributed by atoms with van der Waals surface area (Å²) in [6.45, 7) is 9.92. The Labute approximate surface area is 117 Å². The van der Waals surface area contributed by atoms with E-state index in [2.05, 4.69) is 6.92 Å². The molecule has 0 aliphatic carbocycles. The van der Waals surface area contributed by atoms with Crippen LogP contribution in [-0.2, 0) is 14.3 Å². The second-order valence-corrected chi connectivity index (χ2v) is 4.62. The lowest BCUT2D eigenvalue weighted by molar-refractivity contribution is -0.148. The third-order valence-electron chi connectivity index (χ3n) is 3.03. The van der Waals surface area contributed by atoms with E-state index < -0.39 is 0 Å². The molecule has 0 radical (unpaired) electrons. The predicted octanol–water partition coefficient (Wildman–Crippen LogP) is 3.00. The maximum atomic E-state index is 11.7. The van der Waals surface area contributed by atoms with Gasteiger partial charge in [-0.3, -0.25) is 9.59 Å². The van der Waals surface area contributed by atoms with Crippen LogP contribution in [0.5, 0.6) is 0 Å². The topological polar surface area (TPSA) is 46.6 Å². The summed E-state index contributed by atoms with van der Waals surface area (Å²) in [6, 6.07) is 0. The molecule has 0 aromatic heterocycles. The van der Waals surface area contributed by atoms with Gasteiger partial charge in [-0.05, 0) is 12.8 Å². The van der Waals surface area contributed by atoms with E-state index in [0.29, 0.717) is 19.6 Å². The molecule has 0 saturated carbocycles. The Morgan fingerprint density at radius 3 is 2.53 bits per heavy atom. The molecular formula is C15H29NO3. The molecule has 4 heteroatoms. The minimum atomic E-state index is -0.240. The van der Waals surface area contributed by atoms with Crippen molar-refractivity contribution in [2.45, 2.75) is 59.8 Å². The van der Waals surface area contributed by atoms with Gasteiger partial charge in [-0.2, -0.15) is 0 Å². The standard InChI is InChI=1S/C13H23NO3.C2H6/c1-3-5-6-8-17-13(16)11-9-12(15)14(10-11)7-4-2;1-2/h11H,3-10H2,1-2H3;1-2H3. The number of esters is 1. The van der Waals surface area contributed by atoms with Gasteiger partial charge in [-0.1, -0.05) is 40.5 Å². The summed E-state index contributed by atoms with van der Waals surface area (Å²) in [5, 5.41) is 0. The van der Waals surface area contributed by atoms with E-state index in [-0.39, 0.29) is 17.8 Å². The zero-order chi connectivity index (χ0) is 14.7. The number of carbonyl (C=O) groups excluding carboxylic acids is 2. The van der Waals surface area contributed by atoms with Gasteiger partial charge in [0, 0.05) is 19.5 Å². The fourth-order valence-corrected chi connectivity index (χ4v) is 2.06. The van der Waals surface area contributed by atoms with Gasteiger partial charge in [0.15, 0.2) is 0 Å². The molecule has 1 aliphatic rings. The third kappa shape index (κ3) is 6.60. The third-order valence-corrected chi connectivity index (χ3v) is 3.03. The van der Waals surface area contributed by atoms with E-state index in [9.17, 15) is 9.59 Å². The Kier molecular flexibility index (Phi) is 10.2. The number of rotatable bonds is 7. The minimum absolute atomic E-state index is 0.0855. The summed E-state index contributed by atoms with van der Waals surface area (Å²) in [7, 11) is 0. The number of amides is 1. The molecule has 1 fully saturated rings. The molecule has 0 aromatic carbocycles. The van der Waals surface area contributed by atoms with E-state index in [1.165, 1.54) is 0 Å². The van der Waals surface area contributed by atoms with Crippen LogP contribution in [0.1, 0.15) is 59.8 Å². The molecule has 1 rings (SSSR count). The van der Waals surface area contributed by atoms with Gasteiger partial charge in [0.05, 0.1) is 12.5 Å². The van der Waals surface area contributed by atoms with Crippen molar-refractivity contribution in [3.8, 4) is 0 Å². The van der Waals surface area contributed by atoms with Crippen molar-refractivity contribution in [3.05, 3.63) is 0 Å². The average Bonchev–Trinajstić information content (AvgIpc) is 2.79. The molecule has 19 heavy (non-hydrogen) atoms. The summed E-state index contributed by atoms with van der Waals surface area (Å²) in [5.74, 6) is -0.355. The minimum Gasteiger partial charge on any atom is -0.465 e. The van der Waals surface area contributed by atoms with Gasteiger partial charge in [-0.25, -0.2) is 0 Å². The number of likely N-dealkylation sites (tertiary alicyclic amines) is 1. The monoisotopic (exact) mass is 271 g/mol. The van der Waals surface area contributed by atoms with Crippen molar-refractivity contribution in [2.75, 3.05) is 19.7 Å². The van der Waals surface area contributed by atoms with Gasteiger partial charge in [0.2, 0.25) is 5.91 Å². The maximum absolute atomic E-state index is 11.7. The highest BCUT2D eigenvalue weighted by molar-refractivity contribution is 5.86. The molecule has 1 heterocycles. The van der Waals surface area contributed by atoms with Crippen LogP contribution in [0.25, 0.3) is 0 Å². The van der Waals surface area contributed by atoms with E-state index in [4.69, 9.17) is 4.74 Å². The largest absolute Gasteiger partial charge is 0.465 e. The first-order chi connectivity index (χ1) is 9.19. The lowest BCUT2D eigenvalue weighted by Crippen LogP contribution is -2.27. The van der Waals surface area contributed by atoms with E-state index in [0.717, 1.165) is 32.2 Å². The van der Waals surface area contributed by atoms with Crippen LogP contribution in [0.3, 0.4) is 0 Å². The van der Waals surface area contributed by atoms with Crippen LogP contribution in [0.4, 0.5) is 0 Å². The average molecular weight is 271 g/mol. The molecule has 1 amide bonds. The number of carbonyl (C=O) groups is 2. The highest BCUT2D eigenvalue weighted by atomic mass is 16.5. The fraction of sp³-hybridized carbons (Fsp3) is 0.867. The lowest BCUT2D eigenvalue weighted by atomic mass is 10.1. The second-order valence-electron chi connectivity index (χ2n) is 4.62. The van der Waals surface area contributed by atoms with Gasteiger partial charge in [0.1, 0.15) is 0 Å². The molecule has 0 N–H and O–H groups in total. The molecular weight excluding hydrogens is 242 g/mol. The predicted molar refractivity (Wildman–Crippen MR) is 76.8 cm³/mol. The van der Waals surface area contributed by atoms with E-state index >= 15 is 0 Å². The summed E-state index contributed by atoms with van der Waals surface area (Å²) in [4.78, 5) is 25.0. The number of nitrogens with zero attached hydrogens (tertiary/aromatic N) is 1. The maximum Gasteiger partial charge on any atom is 0.311 e. The Balaban J connectivity index is 0.00000154. The summed E-state index contributed by atoms with van der Waals surface area (Å²) in [5.41, 5.74) is 0. The highest BCUT2D eigenvalue weighted by Crippen LogP contribution is 2.19. The lowest BCUT2D eigenvalue weighted by Gasteiger charge is -2.14. The van der Waals surface area contributed by atoms with Crippen molar-refractivity contribution >= 4 is 11.9 Å².